The molecule has 106 valence electrons. The third-order valence-electron chi connectivity index (χ3n) is 3.19. The van der Waals surface area contributed by atoms with Gasteiger partial charge in [0.2, 0.25) is 5.88 Å². The molecule has 0 aliphatic heterocycles. The van der Waals surface area contributed by atoms with E-state index in [1.165, 1.54) is 7.11 Å². The molecule has 0 saturated heterocycles. The van der Waals surface area contributed by atoms with Crippen LogP contribution in [0.25, 0.3) is 22.0 Å². The molecular weight excluding hydrogens is 272 g/mol. The number of aromatic amines is 2. The largest absolute Gasteiger partial charge is 0.480 e. The van der Waals surface area contributed by atoms with Crippen molar-refractivity contribution in [3.8, 4) is 17.1 Å². The molecule has 0 atom stereocenters. The maximum absolute atomic E-state index is 12.0. The van der Waals surface area contributed by atoms with Crippen LogP contribution < -0.4 is 21.6 Å². The molecule has 21 heavy (non-hydrogen) atoms. The van der Waals surface area contributed by atoms with Crippen LogP contribution in [0.2, 0.25) is 0 Å². The number of rotatable bonds is 2. The third kappa shape index (κ3) is 1.95. The topological polar surface area (TPSA) is 114 Å². The minimum atomic E-state index is -0.514. The molecule has 2 aromatic heterocycles. The Morgan fingerprint density at radius 2 is 1.67 bits per heavy atom. The lowest BCUT2D eigenvalue weighted by atomic mass is 10.1. The Hall–Kier alpha value is -3.09. The van der Waals surface area contributed by atoms with Crippen LogP contribution in [0.1, 0.15) is 0 Å². The van der Waals surface area contributed by atoms with Gasteiger partial charge in [-0.15, -0.1) is 0 Å². The molecule has 0 aliphatic rings. The van der Waals surface area contributed by atoms with Crippen LogP contribution in [0, 0.1) is 0 Å². The lowest BCUT2D eigenvalue weighted by molar-refractivity contribution is 0.403. The molecule has 4 N–H and O–H groups in total. The van der Waals surface area contributed by atoms with E-state index in [0.717, 1.165) is 5.56 Å². The van der Waals surface area contributed by atoms with E-state index in [2.05, 4.69) is 15.2 Å². The Kier molecular flexibility index (Phi) is 2.94. The Morgan fingerprint density at radius 3 is 2.29 bits per heavy atom. The van der Waals surface area contributed by atoms with E-state index in [4.69, 9.17) is 10.5 Å². The summed E-state index contributed by atoms with van der Waals surface area (Å²) in [5, 5.41) is 4.61. The summed E-state index contributed by atoms with van der Waals surface area (Å²) in [7, 11) is 1.38. The second-order valence-electron chi connectivity index (χ2n) is 4.41. The highest BCUT2D eigenvalue weighted by molar-refractivity contribution is 6.00. The Balaban J connectivity index is 2.51. The predicted octanol–water partition coefficient (Wildman–Crippen LogP) is 0.869. The van der Waals surface area contributed by atoms with Gasteiger partial charge in [-0.1, -0.05) is 30.3 Å². The molecule has 0 bridgehead atoms. The van der Waals surface area contributed by atoms with Crippen LogP contribution >= 0.6 is 0 Å². The molecule has 0 unspecified atom stereocenters. The van der Waals surface area contributed by atoms with Crippen molar-refractivity contribution >= 4 is 16.5 Å². The number of anilines is 1. The van der Waals surface area contributed by atoms with E-state index in [-0.39, 0.29) is 22.3 Å². The molecule has 0 aliphatic carbocycles. The Labute approximate surface area is 118 Å². The molecule has 0 fully saturated rings. The van der Waals surface area contributed by atoms with E-state index in [0.29, 0.717) is 5.69 Å². The van der Waals surface area contributed by atoms with E-state index in [1.54, 1.807) is 0 Å². The van der Waals surface area contributed by atoms with Crippen molar-refractivity contribution in [2.75, 3.05) is 12.8 Å². The Bertz CT molecular complexity index is 929. The zero-order chi connectivity index (χ0) is 15.0. The second-order valence-corrected chi connectivity index (χ2v) is 4.41. The van der Waals surface area contributed by atoms with Crippen LogP contribution in [0.4, 0.5) is 5.69 Å². The van der Waals surface area contributed by atoms with Crippen LogP contribution in [0.15, 0.2) is 39.9 Å². The van der Waals surface area contributed by atoms with Gasteiger partial charge in [-0.3, -0.25) is 19.8 Å². The first-order chi connectivity index (χ1) is 10.1. The average Bonchev–Trinajstić information content (AvgIpc) is 2.51. The summed E-state index contributed by atoms with van der Waals surface area (Å²) in [5.74, 6) is 0.0606. The SMILES string of the molecule is COc1nc(-c2ccccc2)c(N)c2c(=O)[nH][nH]c(=O)c12. The monoisotopic (exact) mass is 284 g/mol. The number of hydrogen-bond acceptors (Lipinski definition) is 5. The molecule has 7 nitrogen and oxygen atoms in total. The van der Waals surface area contributed by atoms with E-state index < -0.39 is 11.1 Å². The molecule has 3 aromatic rings. The van der Waals surface area contributed by atoms with Gasteiger partial charge in [0.05, 0.1) is 23.9 Å². The number of methoxy groups -OCH3 is 1. The summed E-state index contributed by atoms with van der Waals surface area (Å²) >= 11 is 0. The number of nitrogens with two attached hydrogens (primary N) is 1. The summed E-state index contributed by atoms with van der Waals surface area (Å²) in [6, 6.07) is 9.14. The van der Waals surface area contributed by atoms with Crippen LogP contribution in [-0.2, 0) is 0 Å². The normalized spacial score (nSPS) is 10.7. The van der Waals surface area contributed by atoms with Gasteiger partial charge in [-0.2, -0.15) is 0 Å². The number of ether oxygens (including phenoxy) is 1. The molecule has 0 amide bonds. The van der Waals surface area contributed by atoms with Gasteiger partial charge < -0.3 is 10.5 Å². The Morgan fingerprint density at radius 1 is 1.05 bits per heavy atom. The fraction of sp³-hybridized carbons (Fsp3) is 0.0714. The van der Waals surface area contributed by atoms with Crippen molar-refractivity contribution in [3.05, 3.63) is 51.0 Å². The van der Waals surface area contributed by atoms with E-state index in [9.17, 15) is 9.59 Å². The molecule has 7 heteroatoms. The van der Waals surface area contributed by atoms with Crippen LogP contribution in [0.3, 0.4) is 0 Å². The molecule has 2 heterocycles. The summed E-state index contributed by atoms with van der Waals surface area (Å²) in [6.45, 7) is 0. The van der Waals surface area contributed by atoms with Crippen LogP contribution in [0.5, 0.6) is 5.88 Å². The quantitative estimate of drug-likeness (QED) is 0.646. The molecule has 3 rings (SSSR count). The third-order valence-corrected chi connectivity index (χ3v) is 3.19. The first-order valence-electron chi connectivity index (χ1n) is 6.17. The van der Waals surface area contributed by atoms with Gasteiger partial charge in [0.25, 0.3) is 11.1 Å². The van der Waals surface area contributed by atoms with Gasteiger partial charge >= 0.3 is 0 Å². The van der Waals surface area contributed by atoms with Crippen molar-refractivity contribution in [3.63, 3.8) is 0 Å². The average molecular weight is 284 g/mol. The highest BCUT2D eigenvalue weighted by Crippen LogP contribution is 2.31. The summed E-state index contributed by atoms with van der Waals surface area (Å²) in [6.07, 6.45) is 0. The minimum absolute atomic E-state index is 0.0402. The van der Waals surface area contributed by atoms with E-state index >= 15 is 0 Å². The lowest BCUT2D eigenvalue weighted by Crippen LogP contribution is -2.21. The number of aromatic nitrogens is 3. The smallest absolute Gasteiger partial charge is 0.276 e. The zero-order valence-corrected chi connectivity index (χ0v) is 11.1. The molecule has 0 saturated carbocycles. The first-order valence-corrected chi connectivity index (χ1v) is 6.17. The highest BCUT2D eigenvalue weighted by Gasteiger charge is 2.18. The van der Waals surface area contributed by atoms with Crippen molar-refractivity contribution in [1.29, 1.82) is 0 Å². The number of pyridine rings is 1. The van der Waals surface area contributed by atoms with Gasteiger partial charge in [0, 0.05) is 5.56 Å². The van der Waals surface area contributed by atoms with E-state index in [1.807, 2.05) is 30.3 Å². The van der Waals surface area contributed by atoms with Gasteiger partial charge in [-0.25, -0.2) is 4.98 Å². The second kappa shape index (κ2) is 4.78. The number of H-pyrrole nitrogens is 2. The van der Waals surface area contributed by atoms with Crippen molar-refractivity contribution in [1.82, 2.24) is 15.2 Å². The van der Waals surface area contributed by atoms with Crippen molar-refractivity contribution in [2.45, 2.75) is 0 Å². The standard InChI is InChI=1S/C14H12N4O3/c1-21-14-9-8(12(19)17-18-13(9)20)10(15)11(16-14)7-5-3-2-4-6-7/h2-6H,15H2,1H3,(H,17,19)(H,18,20). The molecule has 1 aromatic carbocycles. The summed E-state index contributed by atoms with van der Waals surface area (Å²) in [4.78, 5) is 28.2. The van der Waals surface area contributed by atoms with Crippen LogP contribution in [-0.4, -0.2) is 22.3 Å². The maximum atomic E-state index is 12.0. The van der Waals surface area contributed by atoms with Gasteiger partial charge in [0.1, 0.15) is 5.39 Å². The van der Waals surface area contributed by atoms with Crippen molar-refractivity contribution < 1.29 is 4.74 Å². The number of nitrogens with one attached hydrogen (secondary N) is 2. The number of nitrogens with zero attached hydrogens (tertiary/aromatic N) is 1. The summed E-state index contributed by atoms with van der Waals surface area (Å²) in [5.41, 5.74) is 6.31. The minimum Gasteiger partial charge on any atom is -0.480 e. The highest BCUT2D eigenvalue weighted by atomic mass is 16.5. The van der Waals surface area contributed by atoms with Gasteiger partial charge in [0.15, 0.2) is 0 Å². The van der Waals surface area contributed by atoms with Crippen molar-refractivity contribution in [2.24, 2.45) is 0 Å². The number of fused-ring (bicyclic) bond motifs is 1. The fourth-order valence-corrected chi connectivity index (χ4v) is 2.23. The molecule has 0 radical (unpaired) electrons. The first kappa shape index (κ1) is 12.9. The molecular formula is C14H12N4O3. The number of hydrogen-bond donors (Lipinski definition) is 3. The molecule has 0 spiro atoms. The lowest BCUT2D eigenvalue weighted by Gasteiger charge is -2.10. The van der Waals surface area contributed by atoms with Gasteiger partial charge in [-0.05, 0) is 0 Å². The number of nitrogen functional groups attached to an aromatic ring is 1. The fourth-order valence-electron chi connectivity index (χ4n) is 2.23. The number of benzene rings is 1. The maximum Gasteiger partial charge on any atom is 0.276 e. The zero-order valence-electron chi connectivity index (χ0n) is 11.1. The predicted molar refractivity (Wildman–Crippen MR) is 79.4 cm³/mol. The summed E-state index contributed by atoms with van der Waals surface area (Å²) < 4.78 is 5.14.